The fourth-order valence-corrected chi connectivity index (χ4v) is 2.81. The highest BCUT2D eigenvalue weighted by molar-refractivity contribution is 9.10. The monoisotopic (exact) mass is 404 g/mol. The Kier molecular flexibility index (Phi) is 6.19. The number of para-hydroxylation sites is 1. The number of amides is 2. The van der Waals surface area contributed by atoms with Crippen LogP contribution in [0.25, 0.3) is 6.08 Å². The van der Waals surface area contributed by atoms with E-state index in [0.717, 1.165) is 5.56 Å². The number of methoxy groups -OCH3 is 2. The van der Waals surface area contributed by atoms with Crippen LogP contribution in [0.4, 0.5) is 5.69 Å². The van der Waals surface area contributed by atoms with Crippen molar-refractivity contribution in [3.63, 3.8) is 0 Å². The molecule has 0 aliphatic rings. The molecule has 2 aromatic rings. The second kappa shape index (κ2) is 8.34. The highest BCUT2D eigenvalue weighted by Crippen LogP contribution is 2.36. The van der Waals surface area contributed by atoms with Gasteiger partial charge in [-0.15, -0.1) is 0 Å². The van der Waals surface area contributed by atoms with Crippen LogP contribution < -0.4 is 20.5 Å². The van der Waals surface area contributed by atoms with Gasteiger partial charge in [-0.25, -0.2) is 0 Å². The zero-order chi connectivity index (χ0) is 18.4. The Bertz CT molecular complexity index is 834. The van der Waals surface area contributed by atoms with Crippen molar-refractivity contribution in [3.8, 4) is 11.5 Å². The number of rotatable bonds is 6. The van der Waals surface area contributed by atoms with Gasteiger partial charge in [0.2, 0.25) is 5.91 Å². The largest absolute Gasteiger partial charge is 0.493 e. The van der Waals surface area contributed by atoms with E-state index < -0.39 is 5.91 Å². The van der Waals surface area contributed by atoms with Gasteiger partial charge in [0.05, 0.1) is 29.9 Å². The first-order chi connectivity index (χ1) is 12.0. The van der Waals surface area contributed by atoms with Gasteiger partial charge in [0.15, 0.2) is 11.5 Å². The van der Waals surface area contributed by atoms with E-state index >= 15 is 0 Å². The van der Waals surface area contributed by atoms with Crippen molar-refractivity contribution >= 4 is 39.5 Å². The minimum absolute atomic E-state index is 0.248. The van der Waals surface area contributed by atoms with Crippen LogP contribution in [-0.2, 0) is 4.79 Å². The Morgan fingerprint density at radius 1 is 1.16 bits per heavy atom. The van der Waals surface area contributed by atoms with Gasteiger partial charge in [-0.2, -0.15) is 0 Å². The topological polar surface area (TPSA) is 90.6 Å². The van der Waals surface area contributed by atoms with Gasteiger partial charge in [0, 0.05) is 6.08 Å². The summed E-state index contributed by atoms with van der Waals surface area (Å²) in [6.45, 7) is 0. The van der Waals surface area contributed by atoms with Gasteiger partial charge < -0.3 is 20.5 Å². The molecule has 130 valence electrons. The van der Waals surface area contributed by atoms with Crippen molar-refractivity contribution in [1.82, 2.24) is 0 Å². The number of hydrogen-bond acceptors (Lipinski definition) is 4. The lowest BCUT2D eigenvalue weighted by molar-refractivity contribution is -0.111. The fraction of sp³-hybridized carbons (Fsp3) is 0.111. The molecular weight excluding hydrogens is 388 g/mol. The van der Waals surface area contributed by atoms with Gasteiger partial charge >= 0.3 is 0 Å². The predicted octanol–water partition coefficient (Wildman–Crippen LogP) is 3.22. The number of benzene rings is 2. The lowest BCUT2D eigenvalue weighted by atomic mass is 10.1. The number of hydrogen-bond donors (Lipinski definition) is 2. The molecule has 0 aliphatic carbocycles. The molecule has 2 amide bonds. The third-order valence-corrected chi connectivity index (χ3v) is 3.92. The van der Waals surface area contributed by atoms with Crippen LogP contribution in [0.3, 0.4) is 0 Å². The molecule has 25 heavy (non-hydrogen) atoms. The molecule has 0 bridgehead atoms. The summed E-state index contributed by atoms with van der Waals surface area (Å²) in [7, 11) is 3.08. The summed E-state index contributed by atoms with van der Waals surface area (Å²) in [4.78, 5) is 23.5. The molecule has 7 heteroatoms. The number of halogens is 1. The molecule has 6 nitrogen and oxygen atoms in total. The van der Waals surface area contributed by atoms with Crippen LogP contribution in [0.5, 0.6) is 11.5 Å². The van der Waals surface area contributed by atoms with E-state index in [1.54, 1.807) is 49.6 Å². The first kappa shape index (κ1) is 18.5. The van der Waals surface area contributed by atoms with E-state index in [1.807, 2.05) is 0 Å². The summed E-state index contributed by atoms with van der Waals surface area (Å²) in [6.07, 6.45) is 2.97. The highest BCUT2D eigenvalue weighted by atomic mass is 79.9. The van der Waals surface area contributed by atoms with Crippen LogP contribution in [0, 0.1) is 0 Å². The van der Waals surface area contributed by atoms with Crippen molar-refractivity contribution in [2.24, 2.45) is 5.73 Å². The Morgan fingerprint density at radius 2 is 1.88 bits per heavy atom. The van der Waals surface area contributed by atoms with Gasteiger partial charge in [-0.3, -0.25) is 9.59 Å². The number of ether oxygens (including phenoxy) is 2. The quantitative estimate of drug-likeness (QED) is 0.723. The van der Waals surface area contributed by atoms with Gasteiger partial charge in [-0.05, 0) is 51.8 Å². The third-order valence-electron chi connectivity index (χ3n) is 3.33. The molecule has 2 aromatic carbocycles. The fourth-order valence-electron chi connectivity index (χ4n) is 2.19. The standard InChI is InChI=1S/C18H17BrN2O4/c1-24-15-10-11(9-13(19)17(15)25-2)7-8-16(22)21-14-6-4-3-5-12(14)18(20)23/h3-10H,1-2H3,(H2,20,23)(H,21,22). The molecule has 0 spiro atoms. The summed E-state index contributed by atoms with van der Waals surface area (Å²) in [5.41, 5.74) is 6.64. The molecule has 3 N–H and O–H groups in total. The average molecular weight is 405 g/mol. The minimum Gasteiger partial charge on any atom is -0.493 e. The molecule has 0 atom stereocenters. The SMILES string of the molecule is COc1cc(C=CC(=O)Nc2ccccc2C(N)=O)cc(Br)c1OC. The van der Waals surface area contributed by atoms with E-state index in [0.29, 0.717) is 21.7 Å². The summed E-state index contributed by atoms with van der Waals surface area (Å²) < 4.78 is 11.2. The zero-order valence-corrected chi connectivity index (χ0v) is 15.3. The summed E-state index contributed by atoms with van der Waals surface area (Å²) in [6, 6.07) is 10.1. The molecule has 0 saturated heterocycles. The van der Waals surface area contributed by atoms with Gasteiger partial charge in [0.25, 0.3) is 5.91 Å². The van der Waals surface area contributed by atoms with Crippen LogP contribution in [0.15, 0.2) is 46.9 Å². The van der Waals surface area contributed by atoms with E-state index in [4.69, 9.17) is 15.2 Å². The third kappa shape index (κ3) is 4.60. The van der Waals surface area contributed by atoms with Gasteiger partial charge in [0.1, 0.15) is 0 Å². The van der Waals surface area contributed by atoms with Crippen molar-refractivity contribution < 1.29 is 19.1 Å². The molecule has 0 fully saturated rings. The molecular formula is C18H17BrN2O4. The van der Waals surface area contributed by atoms with Crippen molar-refractivity contribution in [2.75, 3.05) is 19.5 Å². The summed E-state index contributed by atoms with van der Waals surface area (Å²) >= 11 is 3.39. The van der Waals surface area contributed by atoms with Crippen molar-refractivity contribution in [1.29, 1.82) is 0 Å². The maximum Gasteiger partial charge on any atom is 0.250 e. The molecule has 0 heterocycles. The lowest BCUT2D eigenvalue weighted by Gasteiger charge is -2.10. The number of nitrogens with one attached hydrogen (secondary N) is 1. The highest BCUT2D eigenvalue weighted by Gasteiger charge is 2.10. The van der Waals surface area contributed by atoms with Crippen LogP contribution in [-0.4, -0.2) is 26.0 Å². The lowest BCUT2D eigenvalue weighted by Crippen LogP contribution is -2.16. The second-order valence-electron chi connectivity index (χ2n) is 4.97. The first-order valence-electron chi connectivity index (χ1n) is 7.25. The molecule has 0 radical (unpaired) electrons. The number of carbonyl (C=O) groups excluding carboxylic acids is 2. The Balaban J connectivity index is 2.19. The van der Waals surface area contributed by atoms with E-state index in [1.165, 1.54) is 13.2 Å². The van der Waals surface area contributed by atoms with E-state index in [2.05, 4.69) is 21.2 Å². The average Bonchev–Trinajstić information content (AvgIpc) is 2.59. The molecule has 2 rings (SSSR count). The van der Waals surface area contributed by atoms with E-state index in [-0.39, 0.29) is 11.5 Å². The first-order valence-corrected chi connectivity index (χ1v) is 8.05. The number of primary amides is 1. The minimum atomic E-state index is -0.608. The molecule has 0 aliphatic heterocycles. The number of anilines is 1. The van der Waals surface area contributed by atoms with Crippen LogP contribution >= 0.6 is 15.9 Å². The molecule has 0 saturated carbocycles. The predicted molar refractivity (Wildman–Crippen MR) is 99.9 cm³/mol. The normalized spacial score (nSPS) is 10.5. The van der Waals surface area contributed by atoms with E-state index in [9.17, 15) is 9.59 Å². The van der Waals surface area contributed by atoms with Crippen molar-refractivity contribution in [3.05, 3.63) is 58.1 Å². The van der Waals surface area contributed by atoms with Gasteiger partial charge in [-0.1, -0.05) is 12.1 Å². The smallest absolute Gasteiger partial charge is 0.250 e. The molecule has 0 aromatic heterocycles. The van der Waals surface area contributed by atoms with Crippen molar-refractivity contribution in [2.45, 2.75) is 0 Å². The summed E-state index contributed by atoms with van der Waals surface area (Å²) in [5, 5.41) is 2.63. The Labute approximate surface area is 153 Å². The summed E-state index contributed by atoms with van der Waals surface area (Å²) in [5.74, 6) is 0.110. The van der Waals surface area contributed by atoms with Crippen LogP contribution in [0.2, 0.25) is 0 Å². The Morgan fingerprint density at radius 3 is 2.52 bits per heavy atom. The van der Waals surface area contributed by atoms with Crippen LogP contribution in [0.1, 0.15) is 15.9 Å². The maximum absolute atomic E-state index is 12.1. The Hall–Kier alpha value is -2.80. The number of nitrogens with two attached hydrogens (primary N) is 1. The second-order valence-corrected chi connectivity index (χ2v) is 5.82. The number of carbonyl (C=O) groups is 2. The molecule has 0 unspecified atom stereocenters. The zero-order valence-electron chi connectivity index (χ0n) is 13.7. The maximum atomic E-state index is 12.1.